The number of rotatable bonds is 5. The van der Waals surface area contributed by atoms with E-state index in [0.717, 1.165) is 5.56 Å². The van der Waals surface area contributed by atoms with Crippen molar-refractivity contribution in [2.45, 2.75) is 13.5 Å². The molecule has 1 aliphatic rings. The highest BCUT2D eigenvalue weighted by atomic mass is 19.1. The summed E-state index contributed by atoms with van der Waals surface area (Å²) in [6.45, 7) is 5.33. The highest BCUT2D eigenvalue weighted by Gasteiger charge is 2.23. The van der Waals surface area contributed by atoms with E-state index in [4.69, 9.17) is 4.74 Å². The summed E-state index contributed by atoms with van der Waals surface area (Å²) in [7, 11) is 1.74. The highest BCUT2D eigenvalue weighted by molar-refractivity contribution is 5.78. The summed E-state index contributed by atoms with van der Waals surface area (Å²) >= 11 is 0. The van der Waals surface area contributed by atoms with Gasteiger partial charge in [0.05, 0.1) is 13.2 Å². The van der Waals surface area contributed by atoms with Crippen LogP contribution in [0.15, 0.2) is 24.3 Å². The Labute approximate surface area is 141 Å². The Hall–Kier alpha value is -2.15. The zero-order chi connectivity index (χ0) is 17.5. The third kappa shape index (κ3) is 5.19. The fourth-order valence-electron chi connectivity index (χ4n) is 2.57. The molecule has 2 amide bonds. The van der Waals surface area contributed by atoms with Crippen molar-refractivity contribution in [3.05, 3.63) is 35.6 Å². The normalized spacial score (nSPS) is 15.2. The molecule has 6 nitrogen and oxygen atoms in total. The first kappa shape index (κ1) is 18.2. The zero-order valence-corrected chi connectivity index (χ0v) is 14.2. The van der Waals surface area contributed by atoms with Gasteiger partial charge in [0.1, 0.15) is 5.82 Å². The van der Waals surface area contributed by atoms with Gasteiger partial charge in [-0.15, -0.1) is 0 Å². The first-order chi connectivity index (χ1) is 11.5. The third-order valence-corrected chi connectivity index (χ3v) is 4.02. The molecule has 0 N–H and O–H groups in total. The van der Waals surface area contributed by atoms with Gasteiger partial charge >= 0.3 is 6.09 Å². The second-order valence-electron chi connectivity index (χ2n) is 5.84. The molecule has 1 heterocycles. The van der Waals surface area contributed by atoms with Gasteiger partial charge in [-0.3, -0.25) is 9.69 Å². The molecule has 24 heavy (non-hydrogen) atoms. The lowest BCUT2D eigenvalue weighted by Gasteiger charge is -2.34. The molecule has 0 bridgehead atoms. The molecule has 1 fully saturated rings. The van der Waals surface area contributed by atoms with E-state index in [1.54, 1.807) is 35.9 Å². The van der Waals surface area contributed by atoms with Gasteiger partial charge in [0, 0.05) is 39.8 Å². The second kappa shape index (κ2) is 8.63. The van der Waals surface area contributed by atoms with Gasteiger partial charge in [0.15, 0.2) is 0 Å². The Morgan fingerprint density at radius 3 is 2.38 bits per heavy atom. The minimum absolute atomic E-state index is 0.00362. The molecule has 1 aromatic rings. The quantitative estimate of drug-likeness (QED) is 0.818. The molecule has 0 spiro atoms. The van der Waals surface area contributed by atoms with E-state index in [0.29, 0.717) is 45.9 Å². The standard InChI is InChI=1S/C17H24FN3O3/c1-3-24-17(23)21-10-8-20(9-11-21)13-16(22)19(2)12-14-4-6-15(18)7-5-14/h4-7H,3,8-13H2,1-2H3. The largest absolute Gasteiger partial charge is 0.450 e. The fraction of sp³-hybridized carbons (Fsp3) is 0.529. The van der Waals surface area contributed by atoms with Crippen LogP contribution >= 0.6 is 0 Å². The van der Waals surface area contributed by atoms with Crippen molar-refractivity contribution in [2.75, 3.05) is 46.4 Å². The molecule has 0 unspecified atom stereocenters. The number of likely N-dealkylation sites (N-methyl/N-ethyl adjacent to an activating group) is 1. The number of hydrogen-bond donors (Lipinski definition) is 0. The van der Waals surface area contributed by atoms with Crippen LogP contribution in [-0.2, 0) is 16.1 Å². The van der Waals surface area contributed by atoms with Crippen LogP contribution in [0.4, 0.5) is 9.18 Å². The number of amides is 2. The van der Waals surface area contributed by atoms with Crippen LogP contribution in [0.25, 0.3) is 0 Å². The summed E-state index contributed by atoms with van der Waals surface area (Å²) < 4.78 is 17.9. The van der Waals surface area contributed by atoms with Gasteiger partial charge in [0.25, 0.3) is 0 Å². The van der Waals surface area contributed by atoms with Gasteiger partial charge in [-0.05, 0) is 24.6 Å². The predicted molar refractivity (Wildman–Crippen MR) is 87.9 cm³/mol. The molecule has 1 saturated heterocycles. The SMILES string of the molecule is CCOC(=O)N1CCN(CC(=O)N(C)Cc2ccc(F)cc2)CC1. The van der Waals surface area contributed by atoms with Crippen molar-refractivity contribution in [3.8, 4) is 0 Å². The van der Waals surface area contributed by atoms with Gasteiger partial charge in [-0.1, -0.05) is 12.1 Å². The van der Waals surface area contributed by atoms with E-state index in [-0.39, 0.29) is 17.8 Å². The molecule has 7 heteroatoms. The summed E-state index contributed by atoms with van der Waals surface area (Å²) in [4.78, 5) is 29.3. The smallest absolute Gasteiger partial charge is 0.409 e. The van der Waals surface area contributed by atoms with Crippen molar-refractivity contribution in [3.63, 3.8) is 0 Å². The number of nitrogens with zero attached hydrogens (tertiary/aromatic N) is 3. The lowest BCUT2D eigenvalue weighted by atomic mass is 10.2. The van der Waals surface area contributed by atoms with Crippen LogP contribution < -0.4 is 0 Å². The van der Waals surface area contributed by atoms with E-state index in [9.17, 15) is 14.0 Å². The third-order valence-electron chi connectivity index (χ3n) is 4.02. The first-order valence-corrected chi connectivity index (χ1v) is 8.12. The Kier molecular flexibility index (Phi) is 6.54. The predicted octanol–water partition coefficient (Wildman–Crippen LogP) is 1.56. The molecule has 0 saturated carbocycles. The number of hydrogen-bond acceptors (Lipinski definition) is 4. The fourth-order valence-corrected chi connectivity index (χ4v) is 2.57. The molecule has 1 aliphatic heterocycles. The molecule has 0 atom stereocenters. The van der Waals surface area contributed by atoms with Crippen LogP contribution in [0.5, 0.6) is 0 Å². The van der Waals surface area contributed by atoms with Gasteiger partial charge in [0.2, 0.25) is 5.91 Å². The Bertz CT molecular complexity index is 557. The van der Waals surface area contributed by atoms with Crippen LogP contribution in [0.1, 0.15) is 12.5 Å². The number of carbonyl (C=O) groups excluding carboxylic acids is 2. The van der Waals surface area contributed by atoms with Crippen molar-refractivity contribution < 1.29 is 18.7 Å². The minimum atomic E-state index is -0.295. The van der Waals surface area contributed by atoms with Crippen LogP contribution in [0.3, 0.4) is 0 Å². The average molecular weight is 337 g/mol. The van der Waals surface area contributed by atoms with E-state index in [2.05, 4.69) is 0 Å². The Morgan fingerprint density at radius 2 is 1.79 bits per heavy atom. The monoisotopic (exact) mass is 337 g/mol. The van der Waals surface area contributed by atoms with Crippen LogP contribution in [-0.4, -0.2) is 73.1 Å². The Morgan fingerprint density at radius 1 is 1.17 bits per heavy atom. The van der Waals surface area contributed by atoms with Crippen molar-refractivity contribution >= 4 is 12.0 Å². The topological polar surface area (TPSA) is 53.1 Å². The van der Waals surface area contributed by atoms with Crippen molar-refractivity contribution in [1.29, 1.82) is 0 Å². The van der Waals surface area contributed by atoms with Crippen molar-refractivity contribution in [1.82, 2.24) is 14.7 Å². The molecule has 0 radical (unpaired) electrons. The Balaban J connectivity index is 1.76. The minimum Gasteiger partial charge on any atom is -0.450 e. The lowest BCUT2D eigenvalue weighted by Crippen LogP contribution is -2.51. The van der Waals surface area contributed by atoms with E-state index in [1.807, 2.05) is 4.90 Å². The average Bonchev–Trinajstić information content (AvgIpc) is 2.57. The van der Waals surface area contributed by atoms with E-state index in [1.165, 1.54) is 12.1 Å². The van der Waals surface area contributed by atoms with Crippen molar-refractivity contribution in [2.24, 2.45) is 0 Å². The van der Waals surface area contributed by atoms with Crippen LogP contribution in [0, 0.1) is 5.82 Å². The second-order valence-corrected chi connectivity index (χ2v) is 5.84. The number of halogens is 1. The van der Waals surface area contributed by atoms with Gasteiger partial charge in [-0.25, -0.2) is 9.18 Å². The zero-order valence-electron chi connectivity index (χ0n) is 14.2. The number of piperazine rings is 1. The molecule has 0 aromatic heterocycles. The highest BCUT2D eigenvalue weighted by Crippen LogP contribution is 2.08. The molecule has 2 rings (SSSR count). The van der Waals surface area contributed by atoms with E-state index >= 15 is 0 Å². The maximum atomic E-state index is 12.9. The van der Waals surface area contributed by atoms with Crippen LogP contribution in [0.2, 0.25) is 0 Å². The number of ether oxygens (including phenoxy) is 1. The first-order valence-electron chi connectivity index (χ1n) is 8.12. The number of benzene rings is 1. The summed E-state index contributed by atoms with van der Waals surface area (Å²) in [6.07, 6.45) is -0.295. The summed E-state index contributed by atoms with van der Waals surface area (Å²) in [6, 6.07) is 6.14. The van der Waals surface area contributed by atoms with E-state index < -0.39 is 0 Å². The summed E-state index contributed by atoms with van der Waals surface area (Å²) in [5.74, 6) is -0.281. The summed E-state index contributed by atoms with van der Waals surface area (Å²) in [5, 5.41) is 0. The molecule has 132 valence electrons. The maximum Gasteiger partial charge on any atom is 0.409 e. The summed E-state index contributed by atoms with van der Waals surface area (Å²) in [5.41, 5.74) is 0.888. The molecule has 0 aliphatic carbocycles. The van der Waals surface area contributed by atoms with Gasteiger partial charge in [-0.2, -0.15) is 0 Å². The van der Waals surface area contributed by atoms with Gasteiger partial charge < -0.3 is 14.5 Å². The maximum absolute atomic E-state index is 12.9. The molecule has 1 aromatic carbocycles. The number of carbonyl (C=O) groups is 2. The molecular weight excluding hydrogens is 313 g/mol. The lowest BCUT2D eigenvalue weighted by molar-refractivity contribution is -0.132. The molecular formula is C17H24FN3O3.